The molecule has 0 aromatic carbocycles. The van der Waals surface area contributed by atoms with Crippen molar-refractivity contribution in [1.82, 2.24) is 25.1 Å². The molecule has 1 aromatic heterocycles. The largest absolute Gasteiger partial charge is 0.465 e. The summed E-state index contributed by atoms with van der Waals surface area (Å²) in [5, 5.41) is 25.6. The standard InChI is InChI=1S/C21H33N5O10/c1-5-34-14(28)11-25(9-7-22-20(33)36-21(2,3)4)18(31)23-10-12-15(29)16(30)17(35-12)26-8-6-13(27)24-19(26)32/h6,8,12,15-17,29-30H,5,7,9-11H2,1-4H3,(H,22,33)(H,23,31)(H,24,27,32)/t12-,15+,16?,17-/m1/s1. The molecule has 2 rings (SSSR count). The van der Waals surface area contributed by atoms with Crippen molar-refractivity contribution >= 4 is 18.1 Å². The van der Waals surface area contributed by atoms with Gasteiger partial charge in [-0.25, -0.2) is 14.4 Å². The lowest BCUT2D eigenvalue weighted by molar-refractivity contribution is -0.143. The number of aliphatic hydroxyl groups is 2. The molecular formula is C21H33N5O10. The van der Waals surface area contributed by atoms with Gasteiger partial charge in [0, 0.05) is 31.9 Å². The third kappa shape index (κ3) is 8.35. The third-order valence-corrected chi connectivity index (χ3v) is 4.88. The molecule has 1 fully saturated rings. The van der Waals surface area contributed by atoms with Crippen LogP contribution < -0.4 is 21.9 Å². The summed E-state index contributed by atoms with van der Waals surface area (Å²) in [6.45, 7) is 6.00. The van der Waals surface area contributed by atoms with E-state index in [1.165, 1.54) is 0 Å². The smallest absolute Gasteiger partial charge is 0.407 e. The summed E-state index contributed by atoms with van der Waals surface area (Å²) in [5.41, 5.74) is -2.20. The predicted molar refractivity (Wildman–Crippen MR) is 123 cm³/mol. The van der Waals surface area contributed by atoms with Gasteiger partial charge in [0.1, 0.15) is 30.5 Å². The maximum atomic E-state index is 12.7. The number of hydrogen-bond acceptors (Lipinski definition) is 10. The molecule has 1 unspecified atom stereocenters. The van der Waals surface area contributed by atoms with Crippen molar-refractivity contribution in [2.45, 2.75) is 57.8 Å². The molecule has 0 spiro atoms. The normalized spacial score (nSPS) is 21.5. The van der Waals surface area contributed by atoms with Crippen molar-refractivity contribution in [3.05, 3.63) is 33.1 Å². The van der Waals surface area contributed by atoms with Crippen molar-refractivity contribution < 1.29 is 38.8 Å². The average molecular weight is 516 g/mol. The highest BCUT2D eigenvalue weighted by Gasteiger charge is 2.44. The van der Waals surface area contributed by atoms with E-state index in [9.17, 15) is 34.2 Å². The van der Waals surface area contributed by atoms with Crippen molar-refractivity contribution in [1.29, 1.82) is 0 Å². The first kappa shape index (κ1) is 28.8. The molecule has 36 heavy (non-hydrogen) atoms. The summed E-state index contributed by atoms with van der Waals surface area (Å²) in [5.74, 6) is -0.671. The fourth-order valence-electron chi connectivity index (χ4n) is 3.28. The fraction of sp³-hybridized carbons (Fsp3) is 0.667. The summed E-state index contributed by atoms with van der Waals surface area (Å²) >= 11 is 0. The molecule has 0 bridgehead atoms. The zero-order valence-electron chi connectivity index (χ0n) is 20.6. The molecule has 15 heteroatoms. The molecule has 0 radical (unpaired) electrons. The number of esters is 1. The van der Waals surface area contributed by atoms with Gasteiger partial charge in [-0.3, -0.25) is 19.1 Å². The Hall–Kier alpha value is -3.43. The highest BCUT2D eigenvalue weighted by molar-refractivity contribution is 5.81. The van der Waals surface area contributed by atoms with Crippen LogP contribution in [0.2, 0.25) is 0 Å². The number of rotatable bonds is 9. The van der Waals surface area contributed by atoms with E-state index in [1.807, 2.05) is 4.98 Å². The Morgan fingerprint density at radius 3 is 2.50 bits per heavy atom. The first-order valence-electron chi connectivity index (χ1n) is 11.3. The van der Waals surface area contributed by atoms with Gasteiger partial charge in [-0.2, -0.15) is 0 Å². The molecule has 3 amide bonds. The number of urea groups is 1. The van der Waals surface area contributed by atoms with Gasteiger partial charge >= 0.3 is 23.8 Å². The molecule has 5 N–H and O–H groups in total. The zero-order chi connectivity index (χ0) is 27.0. The number of hydrogen-bond donors (Lipinski definition) is 5. The SMILES string of the molecule is CCOC(=O)CN(CCNC(=O)OC(C)(C)C)C(=O)NC[C@H]1O[C@@H](n2ccc(=O)[nH]c2=O)C(O)[C@H]1O. The lowest BCUT2D eigenvalue weighted by Gasteiger charge is -2.24. The molecule has 2 heterocycles. The van der Waals surface area contributed by atoms with Crippen molar-refractivity contribution in [2.24, 2.45) is 0 Å². The lowest BCUT2D eigenvalue weighted by atomic mass is 10.1. The molecule has 1 aliphatic rings. The number of aromatic nitrogens is 2. The highest BCUT2D eigenvalue weighted by atomic mass is 16.6. The van der Waals surface area contributed by atoms with E-state index < -0.39 is 66.0 Å². The monoisotopic (exact) mass is 515 g/mol. The lowest BCUT2D eigenvalue weighted by Crippen LogP contribution is -2.49. The minimum atomic E-state index is -1.52. The summed E-state index contributed by atoms with van der Waals surface area (Å²) in [7, 11) is 0. The molecular weight excluding hydrogens is 482 g/mol. The van der Waals surface area contributed by atoms with Gasteiger partial charge < -0.3 is 40.0 Å². The minimum Gasteiger partial charge on any atom is -0.465 e. The van der Waals surface area contributed by atoms with Crippen LogP contribution in [0.4, 0.5) is 9.59 Å². The van der Waals surface area contributed by atoms with E-state index in [-0.39, 0.29) is 26.2 Å². The topological polar surface area (TPSA) is 202 Å². The van der Waals surface area contributed by atoms with Crippen molar-refractivity contribution in [3.63, 3.8) is 0 Å². The number of H-pyrrole nitrogens is 1. The van der Waals surface area contributed by atoms with Gasteiger partial charge in [0.2, 0.25) is 0 Å². The molecule has 0 aliphatic carbocycles. The fourth-order valence-corrected chi connectivity index (χ4v) is 3.28. The Morgan fingerprint density at radius 2 is 1.89 bits per heavy atom. The molecule has 1 aromatic rings. The number of carbonyl (C=O) groups is 3. The van der Waals surface area contributed by atoms with Gasteiger partial charge in [0.05, 0.1) is 6.61 Å². The van der Waals surface area contributed by atoms with Crippen molar-refractivity contribution in [2.75, 3.05) is 32.8 Å². The van der Waals surface area contributed by atoms with Crippen LogP contribution in [0.3, 0.4) is 0 Å². The number of alkyl carbamates (subject to hydrolysis) is 1. The van der Waals surface area contributed by atoms with Crippen LogP contribution in [0, 0.1) is 0 Å². The predicted octanol–water partition coefficient (Wildman–Crippen LogP) is -1.74. The first-order chi connectivity index (χ1) is 16.8. The van der Waals surface area contributed by atoms with E-state index in [2.05, 4.69) is 10.6 Å². The van der Waals surface area contributed by atoms with Crippen LogP contribution in [0.25, 0.3) is 0 Å². The van der Waals surface area contributed by atoms with Crippen LogP contribution >= 0.6 is 0 Å². The number of aliphatic hydroxyl groups excluding tert-OH is 2. The molecule has 202 valence electrons. The second kappa shape index (κ2) is 12.5. The third-order valence-electron chi connectivity index (χ3n) is 4.88. The van der Waals surface area contributed by atoms with E-state index in [0.29, 0.717) is 0 Å². The minimum absolute atomic E-state index is 0.0276. The molecule has 15 nitrogen and oxygen atoms in total. The van der Waals surface area contributed by atoms with Gasteiger partial charge in [-0.15, -0.1) is 0 Å². The van der Waals surface area contributed by atoms with E-state index >= 15 is 0 Å². The van der Waals surface area contributed by atoms with E-state index in [1.54, 1.807) is 27.7 Å². The number of amides is 3. The number of carbonyl (C=O) groups excluding carboxylic acids is 3. The van der Waals surface area contributed by atoms with Gasteiger partial charge in [-0.05, 0) is 27.7 Å². The van der Waals surface area contributed by atoms with Gasteiger partial charge in [0.25, 0.3) is 5.56 Å². The molecule has 0 saturated carbocycles. The summed E-state index contributed by atoms with van der Waals surface area (Å²) in [4.78, 5) is 62.9. The van der Waals surface area contributed by atoms with Crippen LogP contribution in [0.5, 0.6) is 0 Å². The average Bonchev–Trinajstić information content (AvgIpc) is 3.04. The van der Waals surface area contributed by atoms with Gasteiger partial charge in [0.15, 0.2) is 6.23 Å². The Morgan fingerprint density at radius 1 is 1.19 bits per heavy atom. The summed E-state index contributed by atoms with van der Waals surface area (Å²) < 4.78 is 16.5. The maximum Gasteiger partial charge on any atom is 0.407 e. The Bertz CT molecular complexity index is 1030. The second-order valence-corrected chi connectivity index (χ2v) is 8.90. The Labute approximate surface area is 206 Å². The van der Waals surface area contributed by atoms with Gasteiger partial charge in [-0.1, -0.05) is 0 Å². The number of aromatic amines is 1. The van der Waals surface area contributed by atoms with Crippen LogP contribution in [-0.2, 0) is 19.0 Å². The number of nitrogens with one attached hydrogen (secondary N) is 3. The first-order valence-corrected chi connectivity index (χ1v) is 11.3. The number of ether oxygens (including phenoxy) is 3. The number of nitrogens with zero attached hydrogens (tertiary/aromatic N) is 2. The maximum absolute atomic E-state index is 12.7. The highest BCUT2D eigenvalue weighted by Crippen LogP contribution is 2.27. The van der Waals surface area contributed by atoms with Crippen LogP contribution in [0.1, 0.15) is 33.9 Å². The van der Waals surface area contributed by atoms with Crippen molar-refractivity contribution in [3.8, 4) is 0 Å². The summed E-state index contributed by atoms with van der Waals surface area (Å²) in [6.07, 6.45) is -5.00. The summed E-state index contributed by atoms with van der Waals surface area (Å²) in [6, 6.07) is 0.321. The van der Waals surface area contributed by atoms with Crippen LogP contribution in [-0.4, -0.2) is 99.5 Å². The zero-order valence-corrected chi connectivity index (χ0v) is 20.6. The molecule has 4 atom stereocenters. The Balaban J connectivity index is 1.99. The molecule has 1 saturated heterocycles. The molecule has 1 aliphatic heterocycles. The van der Waals surface area contributed by atoms with E-state index in [0.717, 1.165) is 21.7 Å². The van der Waals surface area contributed by atoms with Crippen LogP contribution in [0.15, 0.2) is 21.9 Å². The quantitative estimate of drug-likeness (QED) is 0.235. The Kier molecular flexibility index (Phi) is 10.0. The van der Waals surface area contributed by atoms with E-state index in [4.69, 9.17) is 14.2 Å². The second-order valence-electron chi connectivity index (χ2n) is 8.90.